The van der Waals surface area contributed by atoms with Crippen molar-refractivity contribution in [1.29, 1.82) is 0 Å². The van der Waals surface area contributed by atoms with Crippen molar-refractivity contribution in [3.8, 4) is 5.69 Å². The van der Waals surface area contributed by atoms with Crippen molar-refractivity contribution in [2.75, 3.05) is 0 Å². The van der Waals surface area contributed by atoms with E-state index in [9.17, 15) is 9.59 Å². The average Bonchev–Trinajstić information content (AvgIpc) is 2.48. The molecule has 2 rings (SSSR count). The molecular formula is C10H11N3O2. The summed E-state index contributed by atoms with van der Waals surface area (Å²) in [6, 6.07) is 3.83. The Morgan fingerprint density at radius 2 is 1.73 bits per heavy atom. The molecule has 0 amide bonds. The van der Waals surface area contributed by atoms with Crippen LogP contribution in [0.2, 0.25) is 0 Å². The Kier molecular flexibility index (Phi) is 2.07. The van der Waals surface area contributed by atoms with Gasteiger partial charge in [0.2, 0.25) is 0 Å². The van der Waals surface area contributed by atoms with Crippen LogP contribution >= 0.6 is 0 Å². The van der Waals surface area contributed by atoms with Gasteiger partial charge in [-0.2, -0.15) is 0 Å². The summed E-state index contributed by atoms with van der Waals surface area (Å²) in [6.45, 7) is 3.80. The molecule has 0 unspecified atom stereocenters. The Morgan fingerprint density at radius 3 is 2.27 bits per heavy atom. The van der Waals surface area contributed by atoms with Crippen LogP contribution in [0.15, 0.2) is 27.9 Å². The fourth-order valence-corrected chi connectivity index (χ4v) is 1.62. The van der Waals surface area contributed by atoms with Crippen molar-refractivity contribution in [1.82, 2.24) is 14.5 Å². The smallest absolute Gasteiger partial charge is 0.313 e. The summed E-state index contributed by atoms with van der Waals surface area (Å²) in [7, 11) is 0. The van der Waals surface area contributed by atoms with Gasteiger partial charge in [-0.3, -0.25) is 9.78 Å². The molecule has 0 saturated heterocycles. The van der Waals surface area contributed by atoms with Crippen molar-refractivity contribution in [2.24, 2.45) is 0 Å². The molecule has 5 heteroatoms. The Balaban J connectivity index is 2.75. The number of hydrogen-bond acceptors (Lipinski definition) is 2. The van der Waals surface area contributed by atoms with Gasteiger partial charge in [0.25, 0.3) is 5.56 Å². The molecule has 0 radical (unpaired) electrons. The second kappa shape index (κ2) is 3.27. The molecule has 0 atom stereocenters. The second-order valence-corrected chi connectivity index (χ2v) is 3.41. The monoisotopic (exact) mass is 205 g/mol. The number of aryl methyl sites for hydroxylation is 2. The first-order valence-corrected chi connectivity index (χ1v) is 4.57. The maximum atomic E-state index is 11.5. The fourth-order valence-electron chi connectivity index (χ4n) is 1.62. The maximum Gasteiger partial charge on any atom is 0.325 e. The zero-order valence-corrected chi connectivity index (χ0v) is 8.50. The predicted octanol–water partition coefficient (Wildman–Crippen LogP) is 0.471. The number of nitrogens with zero attached hydrogens (tertiary/aromatic N) is 1. The highest BCUT2D eigenvalue weighted by Crippen LogP contribution is 2.11. The lowest BCUT2D eigenvalue weighted by atomic mass is 10.4. The molecule has 2 aromatic rings. The molecule has 0 aliphatic carbocycles. The molecule has 0 aliphatic heterocycles. The largest absolute Gasteiger partial charge is 0.325 e. The summed E-state index contributed by atoms with van der Waals surface area (Å²) in [5, 5.41) is 0. The van der Waals surface area contributed by atoms with Crippen molar-refractivity contribution in [3.05, 3.63) is 50.6 Å². The van der Waals surface area contributed by atoms with E-state index in [4.69, 9.17) is 0 Å². The lowest BCUT2D eigenvalue weighted by molar-refractivity contribution is 0.904. The number of nitrogens with one attached hydrogen (secondary N) is 2. The standard InChI is InChI=1S/C10H11N3O2/c1-6-3-4-7(2)13(6)8-5-11-10(15)12-9(8)14/h3-5H,1-2H3,(H2,11,12,14,15). The van der Waals surface area contributed by atoms with E-state index in [2.05, 4.69) is 9.97 Å². The predicted molar refractivity (Wildman–Crippen MR) is 56.5 cm³/mol. The van der Waals surface area contributed by atoms with Crippen molar-refractivity contribution < 1.29 is 0 Å². The molecule has 15 heavy (non-hydrogen) atoms. The third-order valence-electron chi connectivity index (χ3n) is 2.31. The molecule has 0 saturated carbocycles. The molecule has 0 bridgehead atoms. The van der Waals surface area contributed by atoms with Gasteiger partial charge >= 0.3 is 5.69 Å². The number of H-pyrrole nitrogens is 2. The van der Waals surface area contributed by atoms with E-state index in [-0.39, 0.29) is 5.56 Å². The van der Waals surface area contributed by atoms with Crippen LogP contribution < -0.4 is 11.2 Å². The highest BCUT2D eigenvalue weighted by Gasteiger charge is 2.07. The van der Waals surface area contributed by atoms with Gasteiger partial charge in [-0.15, -0.1) is 0 Å². The van der Waals surface area contributed by atoms with Gasteiger partial charge < -0.3 is 9.55 Å². The molecule has 2 heterocycles. The normalized spacial score (nSPS) is 10.5. The lowest BCUT2D eigenvalue weighted by Crippen LogP contribution is -2.25. The third kappa shape index (κ3) is 1.52. The van der Waals surface area contributed by atoms with Crippen LogP contribution in [0.25, 0.3) is 5.69 Å². The van der Waals surface area contributed by atoms with E-state index in [1.807, 2.05) is 26.0 Å². The quantitative estimate of drug-likeness (QED) is 0.710. The van der Waals surface area contributed by atoms with Gasteiger partial charge in [-0.1, -0.05) is 0 Å². The van der Waals surface area contributed by atoms with Crippen LogP contribution in [0, 0.1) is 13.8 Å². The van der Waals surface area contributed by atoms with E-state index in [0.29, 0.717) is 5.69 Å². The summed E-state index contributed by atoms with van der Waals surface area (Å²) in [5.41, 5.74) is 1.44. The second-order valence-electron chi connectivity index (χ2n) is 3.41. The van der Waals surface area contributed by atoms with Crippen LogP contribution in [0.3, 0.4) is 0 Å². The third-order valence-corrected chi connectivity index (χ3v) is 2.31. The van der Waals surface area contributed by atoms with Gasteiger partial charge in [-0.05, 0) is 26.0 Å². The van der Waals surface area contributed by atoms with Crippen LogP contribution in [0.1, 0.15) is 11.4 Å². The molecule has 2 N–H and O–H groups in total. The van der Waals surface area contributed by atoms with E-state index in [1.54, 1.807) is 4.57 Å². The van der Waals surface area contributed by atoms with E-state index in [1.165, 1.54) is 6.20 Å². The maximum absolute atomic E-state index is 11.5. The van der Waals surface area contributed by atoms with E-state index in [0.717, 1.165) is 11.4 Å². The first-order valence-electron chi connectivity index (χ1n) is 4.57. The number of rotatable bonds is 1. The highest BCUT2D eigenvalue weighted by atomic mass is 16.2. The summed E-state index contributed by atoms with van der Waals surface area (Å²) in [6.07, 6.45) is 1.42. The molecule has 78 valence electrons. The topological polar surface area (TPSA) is 70.7 Å². The van der Waals surface area contributed by atoms with Crippen LogP contribution in [0.4, 0.5) is 0 Å². The number of hydrogen-bond donors (Lipinski definition) is 2. The minimum absolute atomic E-state index is 0.388. The van der Waals surface area contributed by atoms with Crippen LogP contribution in [-0.4, -0.2) is 14.5 Å². The van der Waals surface area contributed by atoms with Gasteiger partial charge in [0.05, 0.1) is 0 Å². The van der Waals surface area contributed by atoms with E-state index >= 15 is 0 Å². The summed E-state index contributed by atoms with van der Waals surface area (Å²) in [5.74, 6) is 0. The first-order chi connectivity index (χ1) is 7.09. The minimum Gasteiger partial charge on any atom is -0.313 e. The summed E-state index contributed by atoms with van der Waals surface area (Å²) >= 11 is 0. The first kappa shape index (κ1) is 9.51. The molecular weight excluding hydrogens is 194 g/mol. The van der Waals surface area contributed by atoms with Gasteiger partial charge in [0.1, 0.15) is 5.69 Å². The van der Waals surface area contributed by atoms with E-state index < -0.39 is 5.69 Å². The Bertz CT molecular complexity index is 584. The number of aromatic amines is 2. The lowest BCUT2D eigenvalue weighted by Gasteiger charge is -2.06. The molecule has 0 aliphatic rings. The van der Waals surface area contributed by atoms with Crippen LogP contribution in [-0.2, 0) is 0 Å². The van der Waals surface area contributed by atoms with Crippen molar-refractivity contribution >= 4 is 0 Å². The molecule has 0 spiro atoms. The summed E-state index contributed by atoms with van der Waals surface area (Å²) < 4.78 is 1.79. The minimum atomic E-state index is -0.494. The van der Waals surface area contributed by atoms with Crippen molar-refractivity contribution in [2.45, 2.75) is 13.8 Å². The van der Waals surface area contributed by atoms with Gasteiger partial charge in [0, 0.05) is 17.6 Å². The molecule has 5 nitrogen and oxygen atoms in total. The molecule has 2 aromatic heterocycles. The summed E-state index contributed by atoms with van der Waals surface area (Å²) in [4.78, 5) is 27.1. The average molecular weight is 205 g/mol. The number of aromatic nitrogens is 3. The highest BCUT2D eigenvalue weighted by molar-refractivity contribution is 5.33. The van der Waals surface area contributed by atoms with Crippen LogP contribution in [0.5, 0.6) is 0 Å². The SMILES string of the molecule is Cc1ccc(C)n1-c1c[nH]c(=O)[nH]c1=O. The zero-order valence-electron chi connectivity index (χ0n) is 8.50. The Hall–Kier alpha value is -2.04. The Morgan fingerprint density at radius 1 is 1.13 bits per heavy atom. The van der Waals surface area contributed by atoms with Gasteiger partial charge in [0.15, 0.2) is 0 Å². The molecule has 0 aromatic carbocycles. The van der Waals surface area contributed by atoms with Crippen molar-refractivity contribution in [3.63, 3.8) is 0 Å². The Labute approximate surface area is 85.4 Å². The van der Waals surface area contributed by atoms with Gasteiger partial charge in [-0.25, -0.2) is 4.79 Å². The molecule has 0 fully saturated rings. The fraction of sp³-hybridized carbons (Fsp3) is 0.200. The zero-order chi connectivity index (χ0) is 11.0.